The molecular formula is C14H18N4OS. The number of hydrogen-bond donors (Lipinski definition) is 0. The lowest BCUT2D eigenvalue weighted by Crippen LogP contribution is -2.18. The summed E-state index contributed by atoms with van der Waals surface area (Å²) in [6, 6.07) is 2.23. The van der Waals surface area contributed by atoms with E-state index in [1.54, 1.807) is 11.3 Å². The van der Waals surface area contributed by atoms with Crippen LogP contribution in [0.25, 0.3) is 0 Å². The molecule has 0 amide bonds. The van der Waals surface area contributed by atoms with Crippen molar-refractivity contribution in [1.29, 1.82) is 5.26 Å². The van der Waals surface area contributed by atoms with Gasteiger partial charge >= 0.3 is 0 Å². The van der Waals surface area contributed by atoms with Gasteiger partial charge in [-0.05, 0) is 18.8 Å². The van der Waals surface area contributed by atoms with Gasteiger partial charge in [-0.25, -0.2) is 4.98 Å². The van der Waals surface area contributed by atoms with Crippen molar-refractivity contribution >= 4 is 11.3 Å². The summed E-state index contributed by atoms with van der Waals surface area (Å²) in [5.41, 5.74) is 0.914. The topological polar surface area (TPSA) is 75.6 Å². The van der Waals surface area contributed by atoms with Gasteiger partial charge < -0.3 is 4.52 Å². The molecule has 2 rings (SSSR count). The van der Waals surface area contributed by atoms with E-state index < -0.39 is 0 Å². The molecule has 0 aromatic carbocycles. The number of hydrogen-bond acceptors (Lipinski definition) is 6. The van der Waals surface area contributed by atoms with Crippen LogP contribution in [0.3, 0.4) is 0 Å². The molecule has 0 aliphatic carbocycles. The van der Waals surface area contributed by atoms with Gasteiger partial charge in [0.15, 0.2) is 5.82 Å². The molecule has 0 fully saturated rings. The van der Waals surface area contributed by atoms with Crippen LogP contribution in [0.5, 0.6) is 0 Å². The second-order valence-corrected chi connectivity index (χ2v) is 6.28. The number of nitriles is 1. The number of nitrogens with zero attached hydrogens (tertiary/aromatic N) is 4. The van der Waals surface area contributed by atoms with Crippen molar-refractivity contribution in [3.8, 4) is 6.07 Å². The molecule has 2 aromatic rings. The first-order valence-corrected chi connectivity index (χ1v) is 7.52. The molecular weight excluding hydrogens is 272 g/mol. The van der Waals surface area contributed by atoms with E-state index in [1.807, 2.05) is 12.3 Å². The lowest BCUT2D eigenvalue weighted by Gasteiger charge is -2.22. The second kappa shape index (κ2) is 6.14. The van der Waals surface area contributed by atoms with Crippen LogP contribution in [-0.2, 0) is 12.8 Å². The van der Waals surface area contributed by atoms with Crippen molar-refractivity contribution < 1.29 is 4.52 Å². The summed E-state index contributed by atoms with van der Waals surface area (Å²) in [5, 5.41) is 15.9. The van der Waals surface area contributed by atoms with E-state index in [-0.39, 0.29) is 5.41 Å². The minimum Gasteiger partial charge on any atom is -0.339 e. The first-order chi connectivity index (χ1) is 9.54. The fraction of sp³-hybridized carbons (Fsp3) is 0.571. The molecule has 1 unspecified atom stereocenters. The molecule has 20 heavy (non-hydrogen) atoms. The Kier molecular flexibility index (Phi) is 4.50. The van der Waals surface area contributed by atoms with E-state index in [0.717, 1.165) is 17.1 Å². The molecule has 5 nitrogen and oxygen atoms in total. The zero-order valence-corrected chi connectivity index (χ0v) is 12.8. The van der Waals surface area contributed by atoms with Gasteiger partial charge in [0, 0.05) is 23.9 Å². The van der Waals surface area contributed by atoms with Gasteiger partial charge in [0.05, 0.1) is 12.5 Å². The normalized spacial score (nSPS) is 13.9. The van der Waals surface area contributed by atoms with E-state index in [0.29, 0.717) is 31.0 Å². The Morgan fingerprint density at radius 1 is 1.45 bits per heavy atom. The largest absolute Gasteiger partial charge is 0.339 e. The SMILES string of the molecule is CCC(C)(CC#N)Cc1nc(Cc2nc(C)cs2)no1. The standard InChI is InChI=1S/C14H18N4OS/c1-4-14(3,5-6-15)8-12-17-11(18-19-12)7-13-16-10(2)9-20-13/h9H,4-5,7-8H2,1-3H3. The van der Waals surface area contributed by atoms with Crippen LogP contribution in [0, 0.1) is 23.7 Å². The highest BCUT2D eigenvalue weighted by Gasteiger charge is 2.25. The van der Waals surface area contributed by atoms with E-state index in [1.165, 1.54) is 0 Å². The molecule has 0 spiro atoms. The summed E-state index contributed by atoms with van der Waals surface area (Å²) in [6.45, 7) is 6.12. The van der Waals surface area contributed by atoms with E-state index in [4.69, 9.17) is 9.78 Å². The lowest BCUT2D eigenvalue weighted by molar-refractivity contribution is 0.265. The van der Waals surface area contributed by atoms with Crippen LogP contribution in [-0.4, -0.2) is 15.1 Å². The Balaban J connectivity index is 2.03. The summed E-state index contributed by atoms with van der Waals surface area (Å²) in [7, 11) is 0. The molecule has 0 N–H and O–H groups in total. The maximum Gasteiger partial charge on any atom is 0.227 e. The molecule has 0 aliphatic rings. The predicted octanol–water partition coefficient (Wildman–Crippen LogP) is 3.30. The quantitative estimate of drug-likeness (QED) is 0.816. The summed E-state index contributed by atoms with van der Waals surface area (Å²) in [6.07, 6.45) is 2.64. The van der Waals surface area contributed by atoms with Crippen molar-refractivity contribution in [3.05, 3.63) is 27.8 Å². The first kappa shape index (κ1) is 14.7. The molecule has 0 bridgehead atoms. The average Bonchev–Trinajstić information content (AvgIpc) is 3.00. The molecule has 0 aliphatic heterocycles. The van der Waals surface area contributed by atoms with Crippen LogP contribution >= 0.6 is 11.3 Å². The number of aromatic nitrogens is 3. The maximum absolute atomic E-state index is 8.89. The van der Waals surface area contributed by atoms with Gasteiger partial charge in [-0.2, -0.15) is 10.2 Å². The number of thiazole rings is 1. The third-order valence-corrected chi connectivity index (χ3v) is 4.39. The summed E-state index contributed by atoms with van der Waals surface area (Å²) >= 11 is 1.60. The van der Waals surface area contributed by atoms with Crippen LogP contribution in [0.4, 0.5) is 0 Å². The monoisotopic (exact) mass is 290 g/mol. The Morgan fingerprint density at radius 2 is 2.25 bits per heavy atom. The molecule has 0 radical (unpaired) electrons. The Labute approximate surface area is 122 Å². The minimum absolute atomic E-state index is 0.101. The van der Waals surface area contributed by atoms with E-state index in [2.05, 4.69) is 35.0 Å². The van der Waals surface area contributed by atoms with Gasteiger partial charge in [-0.3, -0.25) is 0 Å². The molecule has 2 heterocycles. The van der Waals surface area contributed by atoms with Gasteiger partial charge in [0.1, 0.15) is 5.01 Å². The highest BCUT2D eigenvalue weighted by atomic mass is 32.1. The van der Waals surface area contributed by atoms with E-state index in [9.17, 15) is 0 Å². The fourth-order valence-electron chi connectivity index (χ4n) is 1.92. The minimum atomic E-state index is -0.101. The predicted molar refractivity (Wildman–Crippen MR) is 76.3 cm³/mol. The molecule has 0 saturated carbocycles. The summed E-state index contributed by atoms with van der Waals surface area (Å²) in [4.78, 5) is 8.80. The highest BCUT2D eigenvalue weighted by molar-refractivity contribution is 7.09. The Morgan fingerprint density at radius 3 is 2.85 bits per heavy atom. The Hall–Kier alpha value is -1.74. The van der Waals surface area contributed by atoms with Crippen molar-refractivity contribution in [2.45, 2.75) is 46.5 Å². The van der Waals surface area contributed by atoms with Crippen molar-refractivity contribution in [1.82, 2.24) is 15.1 Å². The second-order valence-electron chi connectivity index (χ2n) is 5.34. The van der Waals surface area contributed by atoms with Crippen LogP contribution in [0.15, 0.2) is 9.90 Å². The molecule has 0 saturated heterocycles. The zero-order valence-electron chi connectivity index (χ0n) is 12.0. The zero-order chi connectivity index (χ0) is 14.6. The third-order valence-electron chi connectivity index (χ3n) is 3.42. The van der Waals surface area contributed by atoms with Crippen LogP contribution in [0.1, 0.15) is 49.1 Å². The maximum atomic E-state index is 8.89. The van der Waals surface area contributed by atoms with Gasteiger partial charge in [0.25, 0.3) is 0 Å². The average molecular weight is 290 g/mol. The lowest BCUT2D eigenvalue weighted by atomic mass is 9.81. The van der Waals surface area contributed by atoms with Crippen LogP contribution in [0.2, 0.25) is 0 Å². The molecule has 1 atom stereocenters. The highest BCUT2D eigenvalue weighted by Crippen LogP contribution is 2.29. The number of aryl methyl sites for hydroxylation is 1. The van der Waals surface area contributed by atoms with E-state index >= 15 is 0 Å². The Bertz CT molecular complexity index is 613. The van der Waals surface area contributed by atoms with Gasteiger partial charge in [-0.1, -0.05) is 19.0 Å². The van der Waals surface area contributed by atoms with Gasteiger partial charge in [-0.15, -0.1) is 11.3 Å². The van der Waals surface area contributed by atoms with Gasteiger partial charge in [0.2, 0.25) is 5.89 Å². The third kappa shape index (κ3) is 3.64. The first-order valence-electron chi connectivity index (χ1n) is 6.64. The van der Waals surface area contributed by atoms with Crippen molar-refractivity contribution in [3.63, 3.8) is 0 Å². The fourth-order valence-corrected chi connectivity index (χ4v) is 2.69. The van der Waals surface area contributed by atoms with Crippen molar-refractivity contribution in [2.24, 2.45) is 5.41 Å². The molecule has 106 valence electrons. The van der Waals surface area contributed by atoms with Crippen LogP contribution < -0.4 is 0 Å². The number of rotatable bonds is 6. The molecule has 6 heteroatoms. The summed E-state index contributed by atoms with van der Waals surface area (Å²) in [5.74, 6) is 1.26. The summed E-state index contributed by atoms with van der Waals surface area (Å²) < 4.78 is 5.29. The smallest absolute Gasteiger partial charge is 0.227 e. The van der Waals surface area contributed by atoms with Crippen molar-refractivity contribution in [2.75, 3.05) is 0 Å². The molecule has 2 aromatic heterocycles.